The molecule has 1 aromatic rings. The lowest BCUT2D eigenvalue weighted by Gasteiger charge is -2.07. The zero-order valence-corrected chi connectivity index (χ0v) is 14.6. The number of hydrogen-bond acceptors (Lipinski definition) is 4. The Bertz CT molecular complexity index is 718. The minimum atomic E-state index is -0.185. The van der Waals surface area contributed by atoms with Gasteiger partial charge in [0.25, 0.3) is 0 Å². The Morgan fingerprint density at radius 1 is 1.12 bits per heavy atom. The van der Waals surface area contributed by atoms with Crippen LogP contribution in [0, 0.1) is 6.92 Å². The van der Waals surface area contributed by atoms with Gasteiger partial charge in [0.2, 0.25) is 0 Å². The SMILES string of the molecule is C/C1=C\CCC2=CC(C/C(C)=C/c3cc(C)c(o3)COC1)OC2=O. The van der Waals surface area contributed by atoms with E-state index in [0.717, 1.165) is 40.2 Å². The molecule has 1 unspecified atom stereocenters. The van der Waals surface area contributed by atoms with Crippen LogP contribution in [-0.2, 0) is 20.9 Å². The lowest BCUT2D eigenvalue weighted by molar-refractivity contribution is -0.139. The van der Waals surface area contributed by atoms with Crippen molar-refractivity contribution in [3.05, 3.63) is 52.0 Å². The fraction of sp³-hybridized carbons (Fsp3) is 0.450. The number of aryl methyl sites for hydroxylation is 1. The van der Waals surface area contributed by atoms with E-state index in [1.165, 1.54) is 0 Å². The monoisotopic (exact) mass is 328 g/mol. The number of hydrogen-bond donors (Lipinski definition) is 0. The molecule has 0 radical (unpaired) electrons. The fourth-order valence-corrected chi connectivity index (χ4v) is 3.04. The predicted molar refractivity (Wildman–Crippen MR) is 92.3 cm³/mol. The molecule has 24 heavy (non-hydrogen) atoms. The third kappa shape index (κ3) is 4.06. The third-order valence-corrected chi connectivity index (χ3v) is 4.33. The lowest BCUT2D eigenvalue weighted by atomic mass is 10.1. The van der Waals surface area contributed by atoms with Crippen LogP contribution in [-0.4, -0.2) is 18.7 Å². The van der Waals surface area contributed by atoms with Gasteiger partial charge in [0.15, 0.2) is 0 Å². The molecule has 4 nitrogen and oxygen atoms in total. The van der Waals surface area contributed by atoms with Gasteiger partial charge in [0.05, 0.1) is 6.61 Å². The molecular formula is C20H24O4. The van der Waals surface area contributed by atoms with E-state index in [0.29, 0.717) is 26.1 Å². The summed E-state index contributed by atoms with van der Waals surface area (Å²) < 4.78 is 17.1. The van der Waals surface area contributed by atoms with E-state index in [1.54, 1.807) is 0 Å². The van der Waals surface area contributed by atoms with Crippen LogP contribution in [0.3, 0.4) is 0 Å². The molecule has 4 bridgehead atoms. The Labute approximate surface area is 142 Å². The highest BCUT2D eigenvalue weighted by atomic mass is 16.5. The first-order valence-corrected chi connectivity index (χ1v) is 8.43. The standard InChI is InChI=1S/C20H24O4/c1-13-5-4-6-16-10-18(24-20(16)21)8-14(2)7-17-9-15(3)19(23-17)12-22-11-13/h5,7,9-10,18H,4,6,8,11-12H2,1-3H3/b13-5+,14-7+. The van der Waals surface area contributed by atoms with Crippen LogP contribution in [0.25, 0.3) is 6.08 Å². The molecule has 0 saturated heterocycles. The van der Waals surface area contributed by atoms with Gasteiger partial charge in [-0.15, -0.1) is 0 Å². The van der Waals surface area contributed by atoms with Crippen LogP contribution in [0.1, 0.15) is 50.2 Å². The molecule has 3 heterocycles. The zero-order chi connectivity index (χ0) is 17.1. The van der Waals surface area contributed by atoms with E-state index in [9.17, 15) is 4.79 Å². The largest absolute Gasteiger partial charge is 0.459 e. The second-order valence-electron chi connectivity index (χ2n) is 6.67. The zero-order valence-electron chi connectivity index (χ0n) is 14.6. The summed E-state index contributed by atoms with van der Waals surface area (Å²) in [5.74, 6) is 1.50. The quantitative estimate of drug-likeness (QED) is 0.520. The maximum absolute atomic E-state index is 12.0. The smallest absolute Gasteiger partial charge is 0.334 e. The molecule has 0 fully saturated rings. The van der Waals surface area contributed by atoms with Crippen LogP contribution >= 0.6 is 0 Å². The summed E-state index contributed by atoms with van der Waals surface area (Å²) in [4.78, 5) is 12.0. The summed E-state index contributed by atoms with van der Waals surface area (Å²) in [6.07, 6.45) is 8.15. The third-order valence-electron chi connectivity index (χ3n) is 4.33. The molecule has 0 aliphatic carbocycles. The Morgan fingerprint density at radius 3 is 2.79 bits per heavy atom. The summed E-state index contributed by atoms with van der Waals surface area (Å²) in [6.45, 7) is 7.14. The van der Waals surface area contributed by atoms with Gasteiger partial charge in [-0.25, -0.2) is 4.79 Å². The Balaban J connectivity index is 1.85. The van der Waals surface area contributed by atoms with Gasteiger partial charge in [-0.05, 0) is 57.4 Å². The molecule has 3 rings (SSSR count). The van der Waals surface area contributed by atoms with Crippen molar-refractivity contribution in [2.24, 2.45) is 0 Å². The van der Waals surface area contributed by atoms with Gasteiger partial charge in [0, 0.05) is 12.0 Å². The Kier molecular flexibility index (Phi) is 5.05. The van der Waals surface area contributed by atoms with E-state index in [1.807, 2.05) is 39.0 Å². The van der Waals surface area contributed by atoms with Gasteiger partial charge < -0.3 is 13.9 Å². The molecule has 1 atom stereocenters. The number of carbonyl (C=O) groups excluding carboxylic acids is 1. The van der Waals surface area contributed by atoms with Gasteiger partial charge in [-0.1, -0.05) is 17.2 Å². The van der Waals surface area contributed by atoms with Crippen molar-refractivity contribution < 1.29 is 18.7 Å². The summed E-state index contributed by atoms with van der Waals surface area (Å²) in [7, 11) is 0. The Morgan fingerprint density at radius 2 is 1.96 bits per heavy atom. The molecule has 0 amide bonds. The topological polar surface area (TPSA) is 48.7 Å². The summed E-state index contributed by atoms with van der Waals surface area (Å²) in [5.41, 5.74) is 4.15. The van der Waals surface area contributed by atoms with E-state index in [2.05, 4.69) is 6.08 Å². The minimum absolute atomic E-state index is 0.166. The van der Waals surface area contributed by atoms with Crippen LogP contribution in [0.15, 0.2) is 39.4 Å². The van der Waals surface area contributed by atoms with Crippen molar-refractivity contribution in [3.8, 4) is 0 Å². The van der Waals surface area contributed by atoms with Crippen molar-refractivity contribution in [3.63, 3.8) is 0 Å². The Hall–Kier alpha value is -2.07. The number of allylic oxidation sites excluding steroid dienone is 1. The second-order valence-corrected chi connectivity index (χ2v) is 6.67. The summed E-state index contributed by atoms with van der Waals surface area (Å²) in [5, 5.41) is 0. The highest BCUT2D eigenvalue weighted by Crippen LogP contribution is 2.25. The van der Waals surface area contributed by atoms with Crippen LogP contribution in [0.5, 0.6) is 0 Å². The highest BCUT2D eigenvalue weighted by Gasteiger charge is 2.25. The molecule has 1 aromatic heterocycles. The van der Waals surface area contributed by atoms with Gasteiger partial charge in [0.1, 0.15) is 24.2 Å². The fourth-order valence-electron chi connectivity index (χ4n) is 3.04. The molecule has 128 valence electrons. The van der Waals surface area contributed by atoms with Crippen molar-refractivity contribution in [1.29, 1.82) is 0 Å². The maximum atomic E-state index is 12.0. The average molecular weight is 328 g/mol. The van der Waals surface area contributed by atoms with Crippen LogP contribution < -0.4 is 0 Å². The first-order valence-electron chi connectivity index (χ1n) is 8.43. The first-order chi connectivity index (χ1) is 11.5. The minimum Gasteiger partial charge on any atom is -0.459 e. The molecule has 2 aliphatic heterocycles. The lowest BCUT2D eigenvalue weighted by Crippen LogP contribution is -2.08. The van der Waals surface area contributed by atoms with Crippen molar-refractivity contribution in [2.45, 2.75) is 52.7 Å². The number of carbonyl (C=O) groups is 1. The van der Waals surface area contributed by atoms with E-state index in [-0.39, 0.29) is 12.1 Å². The van der Waals surface area contributed by atoms with Crippen LogP contribution in [0.2, 0.25) is 0 Å². The van der Waals surface area contributed by atoms with E-state index < -0.39 is 0 Å². The average Bonchev–Trinajstić information content (AvgIpc) is 3.01. The summed E-state index contributed by atoms with van der Waals surface area (Å²) >= 11 is 0. The number of fused-ring (bicyclic) bond motifs is 3. The van der Waals surface area contributed by atoms with E-state index >= 15 is 0 Å². The van der Waals surface area contributed by atoms with Crippen molar-refractivity contribution in [2.75, 3.05) is 6.61 Å². The van der Waals surface area contributed by atoms with Crippen molar-refractivity contribution >= 4 is 12.0 Å². The molecule has 0 spiro atoms. The molecule has 2 aliphatic rings. The van der Waals surface area contributed by atoms with Gasteiger partial charge in [-0.3, -0.25) is 0 Å². The number of furan rings is 1. The second kappa shape index (κ2) is 7.22. The molecule has 0 aromatic carbocycles. The predicted octanol–water partition coefficient (Wildman–Crippen LogP) is 4.49. The number of esters is 1. The normalized spacial score (nSPS) is 26.9. The first kappa shape index (κ1) is 16.8. The number of ether oxygens (including phenoxy) is 2. The number of rotatable bonds is 0. The molecule has 0 N–H and O–H groups in total. The van der Waals surface area contributed by atoms with Crippen molar-refractivity contribution in [1.82, 2.24) is 0 Å². The van der Waals surface area contributed by atoms with Gasteiger partial charge in [-0.2, -0.15) is 0 Å². The van der Waals surface area contributed by atoms with Crippen LogP contribution in [0.4, 0.5) is 0 Å². The van der Waals surface area contributed by atoms with Gasteiger partial charge >= 0.3 is 5.97 Å². The molecule has 0 saturated carbocycles. The molecule has 4 heteroatoms. The highest BCUT2D eigenvalue weighted by molar-refractivity contribution is 5.90. The maximum Gasteiger partial charge on any atom is 0.334 e. The molecular weight excluding hydrogens is 304 g/mol. The summed E-state index contributed by atoms with van der Waals surface area (Å²) in [6, 6.07) is 2.02. The van der Waals surface area contributed by atoms with E-state index in [4.69, 9.17) is 13.9 Å².